The third-order valence-electron chi connectivity index (χ3n) is 2.92. The third-order valence-corrected chi connectivity index (χ3v) is 2.92. The molecule has 0 N–H and O–H groups in total. The molecule has 1 aliphatic heterocycles. The molecular formula is C12H22O3. The van der Waals surface area contributed by atoms with E-state index in [1.165, 1.54) is 0 Å². The van der Waals surface area contributed by atoms with Crippen LogP contribution in [-0.4, -0.2) is 23.8 Å². The van der Waals surface area contributed by atoms with Gasteiger partial charge in [0.05, 0.1) is 6.10 Å². The standard InChI is InChI=1S/C12H22O3/c1-6-8(2)7-10-11(9(3)13)15-12(4,5)14-10/h8,10-11H,6-7H2,1-5H3. The normalized spacial score (nSPS) is 31.5. The number of ketones is 1. The molecule has 0 aromatic carbocycles. The lowest BCUT2D eigenvalue weighted by Crippen LogP contribution is -2.30. The van der Waals surface area contributed by atoms with Crippen LogP contribution in [0.3, 0.4) is 0 Å². The Balaban J connectivity index is 2.65. The van der Waals surface area contributed by atoms with E-state index in [-0.39, 0.29) is 18.0 Å². The predicted octanol–water partition coefficient (Wildman–Crippen LogP) is 2.53. The van der Waals surface area contributed by atoms with E-state index >= 15 is 0 Å². The second-order valence-electron chi connectivity index (χ2n) is 4.95. The van der Waals surface area contributed by atoms with E-state index in [0.717, 1.165) is 12.8 Å². The third kappa shape index (κ3) is 3.28. The summed E-state index contributed by atoms with van der Waals surface area (Å²) < 4.78 is 11.3. The van der Waals surface area contributed by atoms with Crippen molar-refractivity contribution in [2.45, 2.75) is 65.5 Å². The molecule has 0 aromatic heterocycles. The fourth-order valence-corrected chi connectivity index (χ4v) is 1.92. The summed E-state index contributed by atoms with van der Waals surface area (Å²) in [5, 5.41) is 0. The first-order valence-corrected chi connectivity index (χ1v) is 5.71. The van der Waals surface area contributed by atoms with Gasteiger partial charge in [-0.25, -0.2) is 0 Å². The van der Waals surface area contributed by atoms with E-state index in [1.807, 2.05) is 13.8 Å². The van der Waals surface area contributed by atoms with E-state index in [2.05, 4.69) is 13.8 Å². The van der Waals surface area contributed by atoms with Crippen LogP contribution in [0.25, 0.3) is 0 Å². The Morgan fingerprint density at radius 1 is 1.40 bits per heavy atom. The monoisotopic (exact) mass is 214 g/mol. The van der Waals surface area contributed by atoms with Crippen molar-refractivity contribution in [3.05, 3.63) is 0 Å². The van der Waals surface area contributed by atoms with Crippen molar-refractivity contribution in [1.82, 2.24) is 0 Å². The van der Waals surface area contributed by atoms with Crippen molar-refractivity contribution in [2.24, 2.45) is 5.92 Å². The Labute approximate surface area is 92.1 Å². The van der Waals surface area contributed by atoms with Crippen LogP contribution in [0.5, 0.6) is 0 Å². The summed E-state index contributed by atoms with van der Waals surface area (Å²) in [5.74, 6) is 0.0114. The molecule has 1 heterocycles. The number of rotatable bonds is 4. The zero-order valence-corrected chi connectivity index (χ0v) is 10.4. The largest absolute Gasteiger partial charge is 0.344 e. The lowest BCUT2D eigenvalue weighted by molar-refractivity contribution is -0.154. The first kappa shape index (κ1) is 12.7. The van der Waals surface area contributed by atoms with Gasteiger partial charge in [-0.15, -0.1) is 0 Å². The second-order valence-corrected chi connectivity index (χ2v) is 4.95. The molecule has 0 aliphatic carbocycles. The molecule has 3 unspecified atom stereocenters. The average Bonchev–Trinajstić information content (AvgIpc) is 2.41. The van der Waals surface area contributed by atoms with Crippen molar-refractivity contribution < 1.29 is 14.3 Å². The van der Waals surface area contributed by atoms with E-state index in [4.69, 9.17) is 9.47 Å². The van der Waals surface area contributed by atoms with Crippen LogP contribution in [0.15, 0.2) is 0 Å². The van der Waals surface area contributed by atoms with E-state index < -0.39 is 5.79 Å². The summed E-state index contributed by atoms with van der Waals surface area (Å²) in [5.41, 5.74) is 0. The zero-order chi connectivity index (χ0) is 11.6. The predicted molar refractivity (Wildman–Crippen MR) is 58.6 cm³/mol. The van der Waals surface area contributed by atoms with Gasteiger partial charge < -0.3 is 9.47 Å². The minimum atomic E-state index is -0.617. The number of carbonyl (C=O) groups is 1. The highest BCUT2D eigenvalue weighted by atomic mass is 16.8. The average molecular weight is 214 g/mol. The lowest BCUT2D eigenvalue weighted by Gasteiger charge is -2.18. The van der Waals surface area contributed by atoms with Gasteiger partial charge >= 0.3 is 0 Å². The molecule has 0 saturated carbocycles. The molecule has 1 fully saturated rings. The van der Waals surface area contributed by atoms with Gasteiger partial charge in [-0.2, -0.15) is 0 Å². The molecule has 0 amide bonds. The molecule has 3 atom stereocenters. The molecule has 1 saturated heterocycles. The van der Waals surface area contributed by atoms with Crippen LogP contribution in [0.4, 0.5) is 0 Å². The SMILES string of the molecule is CCC(C)CC1OC(C)(C)OC1C(C)=O. The maximum atomic E-state index is 11.4. The molecular weight excluding hydrogens is 192 g/mol. The minimum absolute atomic E-state index is 0.0638. The number of hydrogen-bond donors (Lipinski definition) is 0. The maximum Gasteiger partial charge on any atom is 0.164 e. The van der Waals surface area contributed by atoms with Crippen molar-refractivity contribution >= 4 is 5.78 Å². The summed E-state index contributed by atoms with van der Waals surface area (Å²) >= 11 is 0. The molecule has 0 spiro atoms. The quantitative estimate of drug-likeness (QED) is 0.721. The summed E-state index contributed by atoms with van der Waals surface area (Å²) in [7, 11) is 0. The fraction of sp³-hybridized carbons (Fsp3) is 0.917. The Hall–Kier alpha value is -0.410. The van der Waals surface area contributed by atoms with Gasteiger partial charge in [0.15, 0.2) is 11.6 Å². The van der Waals surface area contributed by atoms with Crippen LogP contribution in [0, 0.1) is 5.92 Å². The molecule has 0 aromatic rings. The van der Waals surface area contributed by atoms with Crippen molar-refractivity contribution in [2.75, 3.05) is 0 Å². The van der Waals surface area contributed by atoms with Gasteiger partial charge in [0.2, 0.25) is 0 Å². The smallest absolute Gasteiger partial charge is 0.164 e. The highest BCUT2D eigenvalue weighted by Gasteiger charge is 2.43. The maximum absolute atomic E-state index is 11.4. The van der Waals surface area contributed by atoms with Crippen molar-refractivity contribution in [1.29, 1.82) is 0 Å². The molecule has 15 heavy (non-hydrogen) atoms. The number of hydrogen-bond acceptors (Lipinski definition) is 3. The highest BCUT2D eigenvalue weighted by molar-refractivity contribution is 5.81. The first-order valence-electron chi connectivity index (χ1n) is 5.71. The second kappa shape index (κ2) is 4.62. The molecule has 0 bridgehead atoms. The van der Waals surface area contributed by atoms with Crippen molar-refractivity contribution in [3.63, 3.8) is 0 Å². The number of Topliss-reactive ketones (excluding diaryl/α,β-unsaturated/α-hetero) is 1. The van der Waals surface area contributed by atoms with Gasteiger partial charge in [0.1, 0.15) is 6.10 Å². The van der Waals surface area contributed by atoms with Crippen LogP contribution in [0.1, 0.15) is 47.5 Å². The van der Waals surface area contributed by atoms with E-state index in [0.29, 0.717) is 5.92 Å². The Bertz CT molecular complexity index is 235. The molecule has 3 heteroatoms. The molecule has 0 radical (unpaired) electrons. The number of ether oxygens (including phenoxy) is 2. The van der Waals surface area contributed by atoms with Gasteiger partial charge in [-0.1, -0.05) is 20.3 Å². The first-order chi connectivity index (χ1) is 6.85. The van der Waals surface area contributed by atoms with Gasteiger partial charge in [0.25, 0.3) is 0 Å². The Morgan fingerprint density at radius 3 is 2.47 bits per heavy atom. The molecule has 88 valence electrons. The van der Waals surface area contributed by atoms with E-state index in [9.17, 15) is 4.79 Å². The Morgan fingerprint density at radius 2 is 2.00 bits per heavy atom. The fourth-order valence-electron chi connectivity index (χ4n) is 1.92. The summed E-state index contributed by atoms with van der Waals surface area (Å²) in [4.78, 5) is 11.4. The van der Waals surface area contributed by atoms with Crippen LogP contribution in [0.2, 0.25) is 0 Å². The van der Waals surface area contributed by atoms with E-state index in [1.54, 1.807) is 6.92 Å². The van der Waals surface area contributed by atoms with Crippen LogP contribution >= 0.6 is 0 Å². The highest BCUT2D eigenvalue weighted by Crippen LogP contribution is 2.32. The van der Waals surface area contributed by atoms with Gasteiger partial charge in [0, 0.05) is 0 Å². The zero-order valence-electron chi connectivity index (χ0n) is 10.4. The lowest BCUT2D eigenvalue weighted by atomic mass is 9.97. The number of carbonyl (C=O) groups excluding carboxylic acids is 1. The summed E-state index contributed by atoms with van der Waals surface area (Å²) in [6.07, 6.45) is 1.54. The summed E-state index contributed by atoms with van der Waals surface area (Å²) in [6, 6.07) is 0. The molecule has 1 aliphatic rings. The van der Waals surface area contributed by atoms with Crippen LogP contribution < -0.4 is 0 Å². The topological polar surface area (TPSA) is 35.5 Å². The van der Waals surface area contributed by atoms with Gasteiger partial charge in [-0.3, -0.25) is 4.79 Å². The summed E-state index contributed by atoms with van der Waals surface area (Å²) in [6.45, 7) is 9.61. The van der Waals surface area contributed by atoms with Crippen LogP contribution in [-0.2, 0) is 14.3 Å². The Kier molecular flexibility index (Phi) is 3.90. The molecule has 3 nitrogen and oxygen atoms in total. The minimum Gasteiger partial charge on any atom is -0.344 e. The van der Waals surface area contributed by atoms with Crippen molar-refractivity contribution in [3.8, 4) is 0 Å². The van der Waals surface area contributed by atoms with Gasteiger partial charge in [-0.05, 0) is 33.1 Å². The molecule has 1 rings (SSSR count).